The zero-order valence-corrected chi connectivity index (χ0v) is 16.1. The molecule has 0 radical (unpaired) electrons. The molecule has 0 saturated heterocycles. The van der Waals surface area contributed by atoms with E-state index in [-0.39, 0.29) is 5.56 Å². The van der Waals surface area contributed by atoms with Gasteiger partial charge in [-0.2, -0.15) is 13.5 Å². The fraction of sp³-hybridized carbons (Fsp3) is 0.0476. The predicted octanol–water partition coefficient (Wildman–Crippen LogP) is 2.73. The summed E-state index contributed by atoms with van der Waals surface area (Å²) in [5, 5.41) is 10.9. The number of hydrogen-bond donors (Lipinski definition) is 2. The van der Waals surface area contributed by atoms with Crippen LogP contribution in [0.15, 0.2) is 83.7 Å². The Bertz CT molecular complexity index is 1330. The fourth-order valence-corrected chi connectivity index (χ4v) is 3.64. The van der Waals surface area contributed by atoms with Gasteiger partial charge < -0.3 is 0 Å². The van der Waals surface area contributed by atoms with Gasteiger partial charge in [-0.3, -0.25) is 9.52 Å². The van der Waals surface area contributed by atoms with Crippen LogP contribution in [-0.4, -0.2) is 18.2 Å². The molecule has 1 heterocycles. The molecule has 8 heteroatoms. The third kappa shape index (κ3) is 4.18. The molecule has 0 spiro atoms. The van der Waals surface area contributed by atoms with E-state index in [1.807, 2.05) is 48.5 Å². The third-order valence-corrected chi connectivity index (χ3v) is 4.98. The number of nitrogens with one attached hydrogen (secondary N) is 1. The molecule has 3 aromatic carbocycles. The molecule has 0 fully saturated rings. The van der Waals surface area contributed by atoms with E-state index in [1.54, 1.807) is 30.3 Å². The van der Waals surface area contributed by atoms with Crippen molar-refractivity contribution in [3.8, 4) is 11.3 Å². The lowest BCUT2D eigenvalue weighted by molar-refractivity contribution is 0.603. The van der Waals surface area contributed by atoms with Gasteiger partial charge in [-0.05, 0) is 23.8 Å². The maximum Gasteiger partial charge on any atom is 0.296 e. The average molecular weight is 406 g/mol. The summed E-state index contributed by atoms with van der Waals surface area (Å²) in [4.78, 5) is 12.9. The van der Waals surface area contributed by atoms with Gasteiger partial charge in [0.1, 0.15) is 0 Å². The second-order valence-electron chi connectivity index (χ2n) is 6.57. The Kier molecular flexibility index (Phi) is 4.87. The van der Waals surface area contributed by atoms with Gasteiger partial charge in [-0.25, -0.2) is 9.82 Å². The number of hydrogen-bond acceptors (Lipinski definition) is 4. The molecule has 0 aliphatic heterocycles. The molecule has 0 atom stereocenters. The second-order valence-corrected chi connectivity index (χ2v) is 7.86. The van der Waals surface area contributed by atoms with Crippen LogP contribution in [0.25, 0.3) is 22.0 Å². The first-order valence-corrected chi connectivity index (χ1v) is 10.4. The van der Waals surface area contributed by atoms with Crippen molar-refractivity contribution in [3.05, 3.63) is 94.8 Å². The summed E-state index contributed by atoms with van der Waals surface area (Å²) in [6.45, 7) is 0.350. The number of nitrogens with zero attached hydrogens (tertiary/aromatic N) is 2. The third-order valence-electron chi connectivity index (χ3n) is 4.46. The van der Waals surface area contributed by atoms with Crippen LogP contribution >= 0.6 is 0 Å². The molecule has 0 aliphatic carbocycles. The number of fused-ring (bicyclic) bond motifs is 1. The number of benzene rings is 3. The normalized spacial score (nSPS) is 11.5. The second kappa shape index (κ2) is 7.50. The number of aromatic nitrogens is 2. The lowest BCUT2D eigenvalue weighted by Gasteiger charge is -2.12. The predicted molar refractivity (Wildman–Crippen MR) is 114 cm³/mol. The molecule has 4 aromatic rings. The summed E-state index contributed by atoms with van der Waals surface area (Å²) < 4.78 is 26.1. The summed E-state index contributed by atoms with van der Waals surface area (Å²) in [5.41, 5.74) is 2.54. The maximum absolute atomic E-state index is 12.9. The van der Waals surface area contributed by atoms with E-state index in [2.05, 4.69) is 9.82 Å². The Balaban J connectivity index is 1.83. The molecular formula is C21H18N4O3S. The Labute approximate surface area is 167 Å². The van der Waals surface area contributed by atoms with Crippen molar-refractivity contribution < 1.29 is 8.42 Å². The molecule has 4 rings (SSSR count). The van der Waals surface area contributed by atoms with Crippen molar-refractivity contribution in [2.45, 2.75) is 6.54 Å². The molecule has 0 amide bonds. The highest BCUT2D eigenvalue weighted by Gasteiger charge is 2.13. The minimum Gasteiger partial charge on any atom is -0.271 e. The zero-order chi connectivity index (χ0) is 20.4. The highest BCUT2D eigenvalue weighted by molar-refractivity contribution is 7.90. The molecular weight excluding hydrogens is 388 g/mol. The molecule has 3 N–H and O–H groups in total. The standard InChI is InChI=1S/C21H18N4O3S/c22-29(27,28)24-17-12-10-16(11-13-17)20-18-8-4-5-9-19(18)21(26)25(23-20)14-15-6-2-1-3-7-15/h1-13,24H,14H2,(H2,22,27,28). The Morgan fingerprint density at radius 1 is 0.862 bits per heavy atom. The smallest absolute Gasteiger partial charge is 0.271 e. The van der Waals surface area contributed by atoms with Crippen LogP contribution in [0.3, 0.4) is 0 Å². The van der Waals surface area contributed by atoms with Crippen LogP contribution in [0, 0.1) is 0 Å². The first-order chi connectivity index (χ1) is 13.9. The van der Waals surface area contributed by atoms with Gasteiger partial charge >= 0.3 is 0 Å². The van der Waals surface area contributed by atoms with Gasteiger partial charge in [0.15, 0.2) is 0 Å². The Hall–Kier alpha value is -3.49. The van der Waals surface area contributed by atoms with E-state index in [1.165, 1.54) is 4.68 Å². The Morgan fingerprint density at radius 2 is 1.48 bits per heavy atom. The summed E-state index contributed by atoms with van der Waals surface area (Å²) in [6.07, 6.45) is 0. The van der Waals surface area contributed by atoms with Crippen LogP contribution in [0.4, 0.5) is 5.69 Å². The molecule has 0 aliphatic rings. The molecule has 0 saturated carbocycles. The molecule has 146 valence electrons. The quantitative estimate of drug-likeness (QED) is 0.531. The lowest BCUT2D eigenvalue weighted by Crippen LogP contribution is -2.24. The van der Waals surface area contributed by atoms with Gasteiger partial charge in [0.05, 0.1) is 17.6 Å². The van der Waals surface area contributed by atoms with Crippen molar-refractivity contribution >= 4 is 26.7 Å². The number of nitrogens with two attached hydrogens (primary N) is 1. The molecule has 29 heavy (non-hydrogen) atoms. The van der Waals surface area contributed by atoms with Crippen molar-refractivity contribution in [1.82, 2.24) is 9.78 Å². The van der Waals surface area contributed by atoms with Gasteiger partial charge in [-0.15, -0.1) is 0 Å². The van der Waals surface area contributed by atoms with Gasteiger partial charge in [-0.1, -0.05) is 60.7 Å². The summed E-state index contributed by atoms with van der Waals surface area (Å²) in [5.74, 6) is 0. The van der Waals surface area contributed by atoms with Crippen LogP contribution in [-0.2, 0) is 16.8 Å². The topological polar surface area (TPSA) is 107 Å². The van der Waals surface area contributed by atoms with Crippen LogP contribution in [0.2, 0.25) is 0 Å². The highest BCUT2D eigenvalue weighted by atomic mass is 32.2. The highest BCUT2D eigenvalue weighted by Crippen LogP contribution is 2.26. The largest absolute Gasteiger partial charge is 0.296 e. The SMILES string of the molecule is NS(=O)(=O)Nc1ccc(-c2nn(Cc3ccccc3)c(=O)c3ccccc23)cc1. The van der Waals surface area contributed by atoms with Crippen molar-refractivity contribution in [2.75, 3.05) is 4.72 Å². The number of rotatable bonds is 5. The maximum atomic E-state index is 12.9. The van der Waals surface area contributed by atoms with Crippen molar-refractivity contribution in [2.24, 2.45) is 5.14 Å². The van der Waals surface area contributed by atoms with Crippen molar-refractivity contribution in [1.29, 1.82) is 0 Å². The zero-order valence-electron chi connectivity index (χ0n) is 15.3. The summed E-state index contributed by atoms with van der Waals surface area (Å²) in [6, 6.07) is 23.6. The minimum atomic E-state index is -3.85. The van der Waals surface area contributed by atoms with E-state index in [0.717, 1.165) is 16.5 Å². The average Bonchev–Trinajstić information content (AvgIpc) is 2.70. The fourth-order valence-electron chi connectivity index (χ4n) is 3.17. The molecule has 7 nitrogen and oxygen atoms in total. The lowest BCUT2D eigenvalue weighted by atomic mass is 10.0. The van der Waals surface area contributed by atoms with Gasteiger partial charge in [0.25, 0.3) is 15.8 Å². The number of anilines is 1. The van der Waals surface area contributed by atoms with Crippen LogP contribution in [0.1, 0.15) is 5.56 Å². The van der Waals surface area contributed by atoms with E-state index in [0.29, 0.717) is 23.3 Å². The van der Waals surface area contributed by atoms with E-state index >= 15 is 0 Å². The van der Waals surface area contributed by atoms with Crippen LogP contribution in [0.5, 0.6) is 0 Å². The van der Waals surface area contributed by atoms with Crippen molar-refractivity contribution in [3.63, 3.8) is 0 Å². The van der Waals surface area contributed by atoms with Gasteiger partial charge in [0.2, 0.25) is 0 Å². The molecule has 1 aromatic heterocycles. The minimum absolute atomic E-state index is 0.166. The summed E-state index contributed by atoms with van der Waals surface area (Å²) in [7, 11) is -3.85. The van der Waals surface area contributed by atoms with E-state index in [4.69, 9.17) is 5.14 Å². The van der Waals surface area contributed by atoms with E-state index < -0.39 is 10.2 Å². The Morgan fingerprint density at radius 3 is 2.14 bits per heavy atom. The van der Waals surface area contributed by atoms with Gasteiger partial charge in [0, 0.05) is 16.6 Å². The first-order valence-electron chi connectivity index (χ1n) is 8.85. The monoisotopic (exact) mass is 406 g/mol. The first kappa shape index (κ1) is 18.9. The van der Waals surface area contributed by atoms with E-state index in [9.17, 15) is 13.2 Å². The molecule has 0 bridgehead atoms. The summed E-state index contributed by atoms with van der Waals surface area (Å²) >= 11 is 0. The van der Waals surface area contributed by atoms with Crippen LogP contribution < -0.4 is 15.4 Å². The molecule has 0 unspecified atom stereocenters.